The summed E-state index contributed by atoms with van der Waals surface area (Å²) in [6.07, 6.45) is 48.6. The van der Waals surface area contributed by atoms with Crippen LogP contribution < -0.4 is 0 Å². The fraction of sp³-hybridized carbons (Fsp3) is 0.927. The Labute approximate surface area is 272 Å². The number of unbranched alkanes of at least 4 members (excludes halogenated alkanes) is 27. The Morgan fingerprint density at radius 3 is 1.30 bits per heavy atom. The monoisotopic (exact) mass is 605 g/mol. The topological polar surface area (TPSA) is 26.3 Å². The van der Waals surface area contributed by atoms with Gasteiger partial charge >= 0.3 is 5.97 Å². The molecule has 2 heteroatoms. The number of carbonyl (C=O) groups excluding carboxylic acids is 1. The van der Waals surface area contributed by atoms with Gasteiger partial charge in [0.2, 0.25) is 0 Å². The molecular formula is C41H80O2. The highest BCUT2D eigenvalue weighted by atomic mass is 16.5. The van der Waals surface area contributed by atoms with E-state index in [0.717, 1.165) is 25.2 Å². The number of hydrogen-bond donors (Lipinski definition) is 0. The molecule has 0 N–H and O–H groups in total. The van der Waals surface area contributed by atoms with Gasteiger partial charge in [-0.25, -0.2) is 0 Å². The van der Waals surface area contributed by atoms with Gasteiger partial charge < -0.3 is 4.74 Å². The third kappa shape index (κ3) is 37.3. The second kappa shape index (κ2) is 37.4. The number of rotatable bonds is 36. The minimum Gasteiger partial charge on any atom is -0.466 e. The van der Waals surface area contributed by atoms with Crippen LogP contribution in [0.3, 0.4) is 0 Å². The molecule has 0 aliphatic carbocycles. The Balaban J connectivity index is 3.15. The molecule has 1 atom stereocenters. The van der Waals surface area contributed by atoms with E-state index in [2.05, 4.69) is 32.9 Å². The first-order valence-corrected chi connectivity index (χ1v) is 20.0. The van der Waals surface area contributed by atoms with Gasteiger partial charge in [-0.05, 0) is 38.0 Å². The van der Waals surface area contributed by atoms with Gasteiger partial charge in [0.15, 0.2) is 0 Å². The third-order valence-electron chi connectivity index (χ3n) is 9.44. The summed E-state index contributed by atoms with van der Waals surface area (Å²) in [7, 11) is 0. The standard InChI is InChI=1S/C41H80O2/c1-4-6-7-8-9-10-22-26-29-32-35-38-41(42)43-39-36-33-30-27-24-21-19-17-15-13-11-12-14-16-18-20-23-25-28-31-34-37-40(3)5-2/h8-9,40H,4-7,10-39H2,1-3H3. The molecular weight excluding hydrogens is 524 g/mol. The Morgan fingerprint density at radius 2 is 0.860 bits per heavy atom. The maximum absolute atomic E-state index is 11.9. The van der Waals surface area contributed by atoms with Crippen LogP contribution in [0.2, 0.25) is 0 Å². The molecule has 43 heavy (non-hydrogen) atoms. The molecule has 0 radical (unpaired) electrons. The summed E-state index contributed by atoms with van der Waals surface area (Å²) in [6.45, 7) is 7.59. The molecule has 0 saturated carbocycles. The summed E-state index contributed by atoms with van der Waals surface area (Å²) in [4.78, 5) is 11.9. The van der Waals surface area contributed by atoms with Gasteiger partial charge in [-0.15, -0.1) is 0 Å². The molecule has 1 unspecified atom stereocenters. The fourth-order valence-corrected chi connectivity index (χ4v) is 6.04. The van der Waals surface area contributed by atoms with Gasteiger partial charge in [0.25, 0.3) is 0 Å². The van der Waals surface area contributed by atoms with E-state index in [4.69, 9.17) is 4.74 Å². The maximum Gasteiger partial charge on any atom is 0.305 e. The highest BCUT2D eigenvalue weighted by molar-refractivity contribution is 5.69. The third-order valence-corrected chi connectivity index (χ3v) is 9.44. The summed E-state index contributed by atoms with van der Waals surface area (Å²) in [5.41, 5.74) is 0. The van der Waals surface area contributed by atoms with Crippen LogP contribution in [-0.4, -0.2) is 12.6 Å². The van der Waals surface area contributed by atoms with Crippen molar-refractivity contribution in [1.29, 1.82) is 0 Å². The average Bonchev–Trinajstić information content (AvgIpc) is 3.01. The second-order valence-corrected chi connectivity index (χ2v) is 13.9. The van der Waals surface area contributed by atoms with Gasteiger partial charge in [-0.1, -0.05) is 206 Å². The van der Waals surface area contributed by atoms with Crippen molar-refractivity contribution in [3.05, 3.63) is 12.2 Å². The van der Waals surface area contributed by atoms with E-state index < -0.39 is 0 Å². The fourth-order valence-electron chi connectivity index (χ4n) is 6.04. The van der Waals surface area contributed by atoms with Crippen molar-refractivity contribution in [3.63, 3.8) is 0 Å². The van der Waals surface area contributed by atoms with Crippen molar-refractivity contribution in [3.8, 4) is 0 Å². The molecule has 0 fully saturated rings. The number of esters is 1. The molecule has 0 bridgehead atoms. The van der Waals surface area contributed by atoms with Crippen LogP contribution in [0.15, 0.2) is 12.2 Å². The van der Waals surface area contributed by atoms with Gasteiger partial charge in [0.05, 0.1) is 6.61 Å². The minimum absolute atomic E-state index is 0.0164. The van der Waals surface area contributed by atoms with E-state index >= 15 is 0 Å². The molecule has 0 aliphatic heterocycles. The van der Waals surface area contributed by atoms with Crippen LogP contribution in [-0.2, 0) is 9.53 Å². The molecule has 0 aliphatic rings. The first kappa shape index (κ1) is 42.2. The van der Waals surface area contributed by atoms with E-state index in [1.54, 1.807) is 0 Å². The Morgan fingerprint density at radius 1 is 0.488 bits per heavy atom. The predicted octanol–water partition coefficient (Wildman–Crippen LogP) is 14.6. The molecule has 0 heterocycles. The molecule has 0 amide bonds. The summed E-state index contributed by atoms with van der Waals surface area (Å²) >= 11 is 0. The highest BCUT2D eigenvalue weighted by Gasteiger charge is 2.03. The van der Waals surface area contributed by atoms with Crippen molar-refractivity contribution < 1.29 is 9.53 Å². The summed E-state index contributed by atoms with van der Waals surface area (Å²) in [6, 6.07) is 0. The zero-order valence-electron chi connectivity index (χ0n) is 30.1. The highest BCUT2D eigenvalue weighted by Crippen LogP contribution is 2.17. The molecule has 0 aromatic carbocycles. The largest absolute Gasteiger partial charge is 0.466 e. The van der Waals surface area contributed by atoms with Crippen molar-refractivity contribution in [2.24, 2.45) is 5.92 Å². The lowest BCUT2D eigenvalue weighted by Gasteiger charge is -2.07. The number of ether oxygens (including phenoxy) is 1. The lowest BCUT2D eigenvalue weighted by atomic mass is 9.99. The normalized spacial score (nSPS) is 12.3. The van der Waals surface area contributed by atoms with Crippen LogP contribution >= 0.6 is 0 Å². The van der Waals surface area contributed by atoms with Crippen molar-refractivity contribution in [2.45, 2.75) is 233 Å². The molecule has 0 aromatic rings. The summed E-state index contributed by atoms with van der Waals surface area (Å²) in [5.74, 6) is 0.952. The molecule has 0 aromatic heterocycles. The molecule has 0 rings (SSSR count). The first-order valence-electron chi connectivity index (χ1n) is 20.0. The van der Waals surface area contributed by atoms with Crippen LogP contribution in [0.1, 0.15) is 233 Å². The van der Waals surface area contributed by atoms with Gasteiger partial charge in [-0.3, -0.25) is 4.79 Å². The Bertz CT molecular complexity index is 554. The number of carbonyl (C=O) groups is 1. The SMILES string of the molecule is CCCCC=CCCCCCCCC(=O)OCCCCCCCCCCCCCCCCCCCCCCCC(C)CC. The zero-order chi connectivity index (χ0) is 31.3. The predicted molar refractivity (Wildman–Crippen MR) is 193 cm³/mol. The average molecular weight is 605 g/mol. The molecule has 256 valence electrons. The van der Waals surface area contributed by atoms with Crippen LogP contribution in [0.4, 0.5) is 0 Å². The van der Waals surface area contributed by atoms with E-state index in [1.165, 1.54) is 186 Å². The van der Waals surface area contributed by atoms with Crippen molar-refractivity contribution >= 4 is 5.97 Å². The van der Waals surface area contributed by atoms with Gasteiger partial charge in [0, 0.05) is 6.42 Å². The van der Waals surface area contributed by atoms with E-state index in [1.807, 2.05) is 0 Å². The summed E-state index contributed by atoms with van der Waals surface area (Å²) in [5, 5.41) is 0. The van der Waals surface area contributed by atoms with Gasteiger partial charge in [-0.2, -0.15) is 0 Å². The molecule has 0 saturated heterocycles. The number of hydrogen-bond acceptors (Lipinski definition) is 2. The van der Waals surface area contributed by atoms with Crippen LogP contribution in [0.5, 0.6) is 0 Å². The number of allylic oxidation sites excluding steroid dienone is 2. The molecule has 0 spiro atoms. The van der Waals surface area contributed by atoms with E-state index in [9.17, 15) is 4.79 Å². The van der Waals surface area contributed by atoms with Crippen molar-refractivity contribution in [2.75, 3.05) is 6.61 Å². The lowest BCUT2D eigenvalue weighted by molar-refractivity contribution is -0.143. The second-order valence-electron chi connectivity index (χ2n) is 13.9. The van der Waals surface area contributed by atoms with E-state index in [-0.39, 0.29) is 5.97 Å². The zero-order valence-corrected chi connectivity index (χ0v) is 30.1. The van der Waals surface area contributed by atoms with Gasteiger partial charge in [0.1, 0.15) is 0 Å². The molecule has 2 nitrogen and oxygen atoms in total. The smallest absolute Gasteiger partial charge is 0.305 e. The van der Waals surface area contributed by atoms with Crippen molar-refractivity contribution in [1.82, 2.24) is 0 Å². The summed E-state index contributed by atoms with van der Waals surface area (Å²) < 4.78 is 5.44. The Kier molecular flexibility index (Phi) is 36.7. The quantitative estimate of drug-likeness (QED) is 0.0404. The Hall–Kier alpha value is -0.790. The van der Waals surface area contributed by atoms with E-state index in [0.29, 0.717) is 13.0 Å². The maximum atomic E-state index is 11.9. The first-order chi connectivity index (χ1) is 21.2. The minimum atomic E-state index is 0.0164. The lowest BCUT2D eigenvalue weighted by Crippen LogP contribution is -2.05. The van der Waals surface area contributed by atoms with Crippen LogP contribution in [0.25, 0.3) is 0 Å². The van der Waals surface area contributed by atoms with Crippen LogP contribution in [0, 0.1) is 5.92 Å².